The van der Waals surface area contributed by atoms with Gasteiger partial charge in [0, 0.05) is 11.4 Å². The van der Waals surface area contributed by atoms with Gasteiger partial charge in [-0.25, -0.2) is 10.8 Å². The average molecular weight is 309 g/mol. The highest BCUT2D eigenvalue weighted by atomic mass is 32.1. The monoisotopic (exact) mass is 309 g/mol. The molecule has 2 aromatic heterocycles. The number of nitrogens with two attached hydrogens (primary N) is 1. The molecule has 0 saturated carbocycles. The van der Waals surface area contributed by atoms with E-state index in [-0.39, 0.29) is 0 Å². The van der Waals surface area contributed by atoms with Gasteiger partial charge in [-0.15, -0.1) is 11.3 Å². The molecule has 1 unspecified atom stereocenters. The minimum Gasteiger partial charge on any atom is -0.391 e. The van der Waals surface area contributed by atoms with E-state index in [4.69, 9.17) is 5.84 Å². The number of rotatable bonds is 7. The number of nitrogens with zero attached hydrogens (tertiary/aromatic N) is 2. The highest BCUT2D eigenvalue weighted by Crippen LogP contribution is 2.30. The van der Waals surface area contributed by atoms with Crippen LogP contribution in [-0.2, 0) is 6.42 Å². The van der Waals surface area contributed by atoms with Gasteiger partial charge in [0.1, 0.15) is 10.6 Å². The second kappa shape index (κ2) is 7.02. The number of hydrazine groups is 1. The SMILES string of the molecule is CCc1cc2c(NCC(O)CC(C)C)nc(NN)nc2s1. The van der Waals surface area contributed by atoms with Crippen molar-refractivity contribution in [3.05, 3.63) is 10.9 Å². The molecule has 0 aliphatic heterocycles. The largest absolute Gasteiger partial charge is 0.391 e. The molecule has 1 atom stereocenters. The molecule has 0 aliphatic rings. The number of anilines is 2. The number of aromatic nitrogens is 2. The van der Waals surface area contributed by atoms with E-state index in [9.17, 15) is 5.11 Å². The summed E-state index contributed by atoms with van der Waals surface area (Å²) in [5.41, 5.74) is 2.49. The maximum atomic E-state index is 9.99. The third kappa shape index (κ3) is 4.03. The number of hydrogen-bond acceptors (Lipinski definition) is 7. The Morgan fingerprint density at radius 2 is 2.14 bits per heavy atom. The van der Waals surface area contributed by atoms with Crippen LogP contribution < -0.4 is 16.6 Å². The van der Waals surface area contributed by atoms with E-state index >= 15 is 0 Å². The van der Waals surface area contributed by atoms with Crippen LogP contribution >= 0.6 is 11.3 Å². The summed E-state index contributed by atoms with van der Waals surface area (Å²) >= 11 is 1.64. The van der Waals surface area contributed by atoms with E-state index in [1.54, 1.807) is 11.3 Å². The first-order chi connectivity index (χ1) is 10.0. The molecule has 6 nitrogen and oxygen atoms in total. The number of nitrogens with one attached hydrogen (secondary N) is 2. The standard InChI is InChI=1S/C14H23N5OS/c1-4-10-6-11-12(16-7-9(20)5-8(2)3)17-14(19-15)18-13(11)21-10/h6,8-9,20H,4-5,7,15H2,1-3H3,(H2,16,17,18,19). The third-order valence-electron chi connectivity index (χ3n) is 3.17. The van der Waals surface area contributed by atoms with Gasteiger partial charge in [-0.1, -0.05) is 20.8 Å². The maximum absolute atomic E-state index is 9.99. The van der Waals surface area contributed by atoms with Crippen molar-refractivity contribution in [3.63, 3.8) is 0 Å². The molecule has 0 bridgehead atoms. The van der Waals surface area contributed by atoms with Gasteiger partial charge in [0.25, 0.3) is 0 Å². The summed E-state index contributed by atoms with van der Waals surface area (Å²) in [5.74, 6) is 6.98. The third-order valence-corrected chi connectivity index (χ3v) is 4.34. The van der Waals surface area contributed by atoms with Gasteiger partial charge in [0.05, 0.1) is 11.5 Å². The number of nitrogen functional groups attached to an aromatic ring is 1. The van der Waals surface area contributed by atoms with Crippen molar-refractivity contribution >= 4 is 33.3 Å². The minimum atomic E-state index is -0.395. The Bertz CT molecular complexity index is 598. The quantitative estimate of drug-likeness (QED) is 0.463. The highest BCUT2D eigenvalue weighted by molar-refractivity contribution is 7.18. The van der Waals surface area contributed by atoms with E-state index in [0.717, 1.165) is 23.1 Å². The molecule has 0 aliphatic carbocycles. The zero-order valence-electron chi connectivity index (χ0n) is 12.7. The van der Waals surface area contributed by atoms with Crippen molar-refractivity contribution < 1.29 is 5.11 Å². The predicted molar refractivity (Wildman–Crippen MR) is 88.6 cm³/mol. The Kier molecular flexibility index (Phi) is 5.33. The van der Waals surface area contributed by atoms with Gasteiger partial charge >= 0.3 is 0 Å². The van der Waals surface area contributed by atoms with Crippen molar-refractivity contribution in [1.29, 1.82) is 0 Å². The molecule has 0 fully saturated rings. The Balaban J connectivity index is 2.22. The fourth-order valence-electron chi connectivity index (χ4n) is 2.19. The smallest absolute Gasteiger partial charge is 0.240 e. The first kappa shape index (κ1) is 15.9. The fraction of sp³-hybridized carbons (Fsp3) is 0.571. The van der Waals surface area contributed by atoms with Crippen molar-refractivity contribution in [1.82, 2.24) is 9.97 Å². The van der Waals surface area contributed by atoms with E-state index < -0.39 is 6.10 Å². The van der Waals surface area contributed by atoms with Gasteiger partial charge < -0.3 is 10.4 Å². The maximum Gasteiger partial charge on any atom is 0.240 e. The molecule has 0 saturated heterocycles. The van der Waals surface area contributed by atoms with Crippen LogP contribution in [-0.4, -0.2) is 27.7 Å². The second-order valence-corrected chi connectivity index (χ2v) is 6.60. The minimum absolute atomic E-state index is 0.382. The molecular weight excluding hydrogens is 286 g/mol. The summed E-state index contributed by atoms with van der Waals surface area (Å²) in [4.78, 5) is 10.9. The molecule has 21 heavy (non-hydrogen) atoms. The lowest BCUT2D eigenvalue weighted by Crippen LogP contribution is -2.22. The summed E-state index contributed by atoms with van der Waals surface area (Å²) in [5, 5.41) is 14.2. The lowest BCUT2D eigenvalue weighted by Gasteiger charge is -2.15. The van der Waals surface area contributed by atoms with E-state index in [1.807, 2.05) is 0 Å². The molecule has 0 radical (unpaired) electrons. The molecule has 0 amide bonds. The Labute approximate surface area is 128 Å². The molecule has 0 spiro atoms. The van der Waals surface area contributed by atoms with Gasteiger partial charge in [-0.3, -0.25) is 5.43 Å². The summed E-state index contributed by atoms with van der Waals surface area (Å²) < 4.78 is 0. The molecule has 2 heterocycles. The molecule has 2 rings (SSSR count). The Morgan fingerprint density at radius 3 is 2.76 bits per heavy atom. The van der Waals surface area contributed by atoms with Gasteiger partial charge in [0.15, 0.2) is 0 Å². The van der Waals surface area contributed by atoms with Crippen LogP contribution in [0.15, 0.2) is 6.07 Å². The van der Waals surface area contributed by atoms with E-state index in [0.29, 0.717) is 24.2 Å². The van der Waals surface area contributed by atoms with Crippen LogP contribution in [0.1, 0.15) is 32.1 Å². The number of aliphatic hydroxyl groups excluding tert-OH is 1. The molecule has 7 heteroatoms. The van der Waals surface area contributed by atoms with Crippen LogP contribution in [0, 0.1) is 5.92 Å². The van der Waals surface area contributed by atoms with Crippen molar-refractivity contribution in [2.75, 3.05) is 17.3 Å². The van der Waals surface area contributed by atoms with Crippen LogP contribution in [0.3, 0.4) is 0 Å². The Morgan fingerprint density at radius 1 is 1.38 bits per heavy atom. The fourth-order valence-corrected chi connectivity index (χ4v) is 3.15. The lowest BCUT2D eigenvalue weighted by molar-refractivity contribution is 0.161. The number of aryl methyl sites for hydroxylation is 1. The zero-order chi connectivity index (χ0) is 15.4. The Hall–Kier alpha value is -1.44. The number of fused-ring (bicyclic) bond motifs is 1. The summed E-state index contributed by atoms with van der Waals surface area (Å²) in [6.07, 6.45) is 1.32. The number of thiophene rings is 1. The van der Waals surface area contributed by atoms with Crippen molar-refractivity contribution in [3.8, 4) is 0 Å². The van der Waals surface area contributed by atoms with Gasteiger partial charge in [-0.05, 0) is 24.8 Å². The van der Waals surface area contributed by atoms with E-state index in [2.05, 4.69) is 47.5 Å². The van der Waals surface area contributed by atoms with Crippen LogP contribution in [0.25, 0.3) is 10.2 Å². The predicted octanol–water partition coefficient (Wildman–Crippen LogP) is 2.36. The van der Waals surface area contributed by atoms with Gasteiger partial charge in [-0.2, -0.15) is 4.98 Å². The molecule has 2 aromatic rings. The highest BCUT2D eigenvalue weighted by Gasteiger charge is 2.13. The summed E-state index contributed by atoms with van der Waals surface area (Å²) in [6, 6.07) is 2.09. The second-order valence-electron chi connectivity index (χ2n) is 5.49. The van der Waals surface area contributed by atoms with Crippen molar-refractivity contribution in [2.24, 2.45) is 11.8 Å². The van der Waals surface area contributed by atoms with Crippen LogP contribution in [0.5, 0.6) is 0 Å². The normalized spacial score (nSPS) is 12.9. The van der Waals surface area contributed by atoms with Crippen LogP contribution in [0.4, 0.5) is 11.8 Å². The first-order valence-corrected chi connectivity index (χ1v) is 8.04. The summed E-state index contributed by atoms with van der Waals surface area (Å²) in [6.45, 7) is 6.76. The molecular formula is C14H23N5OS. The average Bonchev–Trinajstić information content (AvgIpc) is 2.86. The van der Waals surface area contributed by atoms with Crippen LogP contribution in [0.2, 0.25) is 0 Å². The summed E-state index contributed by atoms with van der Waals surface area (Å²) in [7, 11) is 0. The van der Waals surface area contributed by atoms with Crippen molar-refractivity contribution in [2.45, 2.75) is 39.7 Å². The number of hydrogen-bond donors (Lipinski definition) is 4. The molecule has 116 valence electrons. The first-order valence-electron chi connectivity index (χ1n) is 7.22. The lowest BCUT2D eigenvalue weighted by atomic mass is 10.1. The molecule has 0 aromatic carbocycles. The van der Waals surface area contributed by atoms with E-state index in [1.165, 1.54) is 4.88 Å². The van der Waals surface area contributed by atoms with Gasteiger partial charge in [0.2, 0.25) is 5.95 Å². The topological polar surface area (TPSA) is 96.1 Å². The zero-order valence-corrected chi connectivity index (χ0v) is 13.5. The number of aliphatic hydroxyl groups is 1. The molecule has 5 N–H and O–H groups in total.